The summed E-state index contributed by atoms with van der Waals surface area (Å²) in [5.74, 6) is 1.10. The maximum atomic E-state index is 5.32. The van der Waals surface area contributed by atoms with Gasteiger partial charge in [0, 0.05) is 22.8 Å². The average molecular weight is 270 g/mol. The maximum absolute atomic E-state index is 5.32. The second kappa shape index (κ2) is 12.8. The minimum atomic E-state index is 0. The van der Waals surface area contributed by atoms with Crippen molar-refractivity contribution in [2.24, 2.45) is 0 Å². The van der Waals surface area contributed by atoms with Crippen molar-refractivity contribution in [3.8, 4) is 0 Å². The summed E-state index contributed by atoms with van der Waals surface area (Å²) in [6.07, 6.45) is 4.73. The molecule has 0 rings (SSSR count). The van der Waals surface area contributed by atoms with Crippen molar-refractivity contribution in [1.29, 1.82) is 0 Å². The van der Waals surface area contributed by atoms with Crippen molar-refractivity contribution in [3.05, 3.63) is 0 Å². The van der Waals surface area contributed by atoms with Crippen molar-refractivity contribution >= 4 is 28.4 Å². The third kappa shape index (κ3) is 12.8. The predicted molar refractivity (Wildman–Crippen MR) is 60.8 cm³/mol. The summed E-state index contributed by atoms with van der Waals surface area (Å²) in [4.78, 5) is 0. The summed E-state index contributed by atoms with van der Waals surface area (Å²) < 4.78 is 6.04. The van der Waals surface area contributed by atoms with Crippen LogP contribution in [0.2, 0.25) is 0 Å². The predicted octanol–water partition coefficient (Wildman–Crippen LogP) is 3.62. The average Bonchev–Trinajstić information content (AvgIpc) is 2.06. The van der Waals surface area contributed by atoms with Crippen molar-refractivity contribution in [3.63, 3.8) is 0 Å². The van der Waals surface area contributed by atoms with Crippen LogP contribution in [0.3, 0.4) is 0 Å². The van der Waals surface area contributed by atoms with Crippen LogP contribution < -0.4 is 0 Å². The molecule has 0 fully saturated rings. The van der Waals surface area contributed by atoms with E-state index in [1.807, 2.05) is 0 Å². The number of hydrogen-bond acceptors (Lipinski definition) is 3. The van der Waals surface area contributed by atoms with Gasteiger partial charge in [-0.2, -0.15) is 0 Å². The maximum Gasteiger partial charge on any atom is 0.219 e. The molecule has 0 amide bonds. The molecule has 0 bridgehead atoms. The van der Waals surface area contributed by atoms with Crippen LogP contribution >= 0.6 is 24.0 Å². The quantitative estimate of drug-likeness (QED) is 0.414. The van der Waals surface area contributed by atoms with Gasteiger partial charge in [-0.3, -0.25) is 0 Å². The van der Waals surface area contributed by atoms with E-state index in [-0.39, 0.29) is 17.1 Å². The molecule has 0 aromatic rings. The third-order valence-electron chi connectivity index (χ3n) is 1.44. The fraction of sp³-hybridized carbons (Fsp3) is 0.889. The smallest absolute Gasteiger partial charge is 0.219 e. The van der Waals surface area contributed by atoms with E-state index in [1.165, 1.54) is 19.3 Å². The Hall–Kier alpha value is 0.759. The molecule has 0 N–H and O–H groups in total. The van der Waals surface area contributed by atoms with Crippen LogP contribution in [0.5, 0.6) is 0 Å². The van der Waals surface area contributed by atoms with E-state index in [0.717, 1.165) is 23.2 Å². The molecule has 0 aliphatic rings. The van der Waals surface area contributed by atoms with Gasteiger partial charge >= 0.3 is 0 Å². The molecule has 0 saturated heterocycles. The number of rotatable bonds is 6. The molecule has 0 aromatic carbocycles. The van der Waals surface area contributed by atoms with Gasteiger partial charge in [-0.25, -0.2) is 0 Å². The molecule has 1 nitrogen and oxygen atoms in total. The van der Waals surface area contributed by atoms with Gasteiger partial charge < -0.3 is 4.74 Å². The molecule has 0 saturated carbocycles. The van der Waals surface area contributed by atoms with Crippen molar-refractivity contribution < 1.29 is 21.8 Å². The van der Waals surface area contributed by atoms with E-state index >= 15 is 0 Å². The molecule has 4 heteroatoms. The second-order valence-corrected chi connectivity index (χ2v) is 4.35. The van der Waals surface area contributed by atoms with Gasteiger partial charge in [0.2, 0.25) is 4.38 Å². The van der Waals surface area contributed by atoms with Gasteiger partial charge in [0.1, 0.15) is 0 Å². The van der Waals surface area contributed by atoms with Crippen LogP contribution in [0.4, 0.5) is 0 Å². The number of thiocarbonyl (C=S) groups is 1. The Bertz CT molecular complexity index is 108. The zero-order chi connectivity index (χ0) is 9.23. The number of hydrogen-bond donors (Lipinski definition) is 0. The van der Waals surface area contributed by atoms with Gasteiger partial charge in [0.05, 0.1) is 6.61 Å². The molecule has 83 valence electrons. The summed E-state index contributed by atoms with van der Waals surface area (Å²) in [5.41, 5.74) is 0. The van der Waals surface area contributed by atoms with Gasteiger partial charge in [0.25, 0.3) is 0 Å². The van der Waals surface area contributed by atoms with Crippen LogP contribution in [0.25, 0.3) is 0 Å². The fourth-order valence-electron chi connectivity index (χ4n) is 0.641. The summed E-state index contributed by atoms with van der Waals surface area (Å²) in [7, 11) is 0. The third-order valence-corrected chi connectivity index (χ3v) is 2.75. The Kier molecular flexibility index (Phi) is 15.9. The molecule has 0 atom stereocenters. The molecule has 0 spiro atoms. The molecular formula is C9H18CuOS2. The van der Waals surface area contributed by atoms with E-state index in [4.69, 9.17) is 17.0 Å². The van der Waals surface area contributed by atoms with Crippen LogP contribution in [0.15, 0.2) is 0 Å². The van der Waals surface area contributed by atoms with Gasteiger partial charge in [-0.1, -0.05) is 38.5 Å². The standard InChI is InChI=1S/C9H18OS2.Cu/c1-3-5-7-10-9(11)12-8-6-4-2;/h3-8H2,1-2H3;. The summed E-state index contributed by atoms with van der Waals surface area (Å²) in [5, 5.41) is 0. The van der Waals surface area contributed by atoms with E-state index < -0.39 is 0 Å². The Morgan fingerprint density at radius 2 is 1.85 bits per heavy atom. The first-order valence-electron chi connectivity index (χ1n) is 4.60. The van der Waals surface area contributed by atoms with Gasteiger partial charge in [0.15, 0.2) is 0 Å². The second-order valence-electron chi connectivity index (χ2n) is 2.65. The molecule has 0 unspecified atom stereocenters. The fourth-order valence-corrected chi connectivity index (χ4v) is 1.74. The SMILES string of the molecule is CCCCOC(=S)SCCCC.[Cu]. The molecule has 0 aromatic heterocycles. The Morgan fingerprint density at radius 3 is 2.38 bits per heavy atom. The van der Waals surface area contributed by atoms with Gasteiger partial charge in [-0.15, -0.1) is 0 Å². The van der Waals surface area contributed by atoms with E-state index in [2.05, 4.69) is 13.8 Å². The Morgan fingerprint density at radius 1 is 1.23 bits per heavy atom. The number of unbranched alkanes of at least 4 members (excludes halogenated alkanes) is 2. The van der Waals surface area contributed by atoms with Crippen LogP contribution in [-0.2, 0) is 21.8 Å². The number of thioether (sulfide) groups is 1. The van der Waals surface area contributed by atoms with Crippen molar-refractivity contribution in [2.75, 3.05) is 12.4 Å². The van der Waals surface area contributed by atoms with E-state index in [0.29, 0.717) is 0 Å². The zero-order valence-corrected chi connectivity index (χ0v) is 10.8. The van der Waals surface area contributed by atoms with Crippen LogP contribution in [0, 0.1) is 0 Å². The van der Waals surface area contributed by atoms with Gasteiger partial charge in [-0.05, 0) is 25.1 Å². The topological polar surface area (TPSA) is 9.23 Å². The molecule has 0 aliphatic carbocycles. The molecule has 0 heterocycles. The molecule has 13 heavy (non-hydrogen) atoms. The largest absolute Gasteiger partial charge is 0.479 e. The first-order valence-corrected chi connectivity index (χ1v) is 6.00. The normalized spacial score (nSPS) is 9.08. The zero-order valence-electron chi connectivity index (χ0n) is 8.27. The molecular weight excluding hydrogens is 252 g/mol. The van der Waals surface area contributed by atoms with Crippen molar-refractivity contribution in [1.82, 2.24) is 0 Å². The summed E-state index contributed by atoms with van der Waals surface area (Å²) >= 11 is 6.68. The van der Waals surface area contributed by atoms with E-state index in [9.17, 15) is 0 Å². The summed E-state index contributed by atoms with van der Waals surface area (Å²) in [6.45, 7) is 5.12. The Labute approximate surface area is 102 Å². The number of ether oxygens (including phenoxy) is 1. The summed E-state index contributed by atoms with van der Waals surface area (Å²) in [6, 6.07) is 0. The molecule has 0 aliphatic heterocycles. The van der Waals surface area contributed by atoms with Crippen LogP contribution in [0.1, 0.15) is 39.5 Å². The van der Waals surface area contributed by atoms with Crippen molar-refractivity contribution in [2.45, 2.75) is 39.5 Å². The minimum absolute atomic E-state index is 0. The van der Waals surface area contributed by atoms with E-state index in [1.54, 1.807) is 11.8 Å². The van der Waals surface area contributed by atoms with Crippen LogP contribution in [-0.4, -0.2) is 16.7 Å². The first-order chi connectivity index (χ1) is 5.81. The minimum Gasteiger partial charge on any atom is -0.479 e. The monoisotopic (exact) mass is 269 g/mol. The first kappa shape index (κ1) is 16.2. The Balaban J connectivity index is 0. The molecule has 1 radical (unpaired) electrons.